The lowest BCUT2D eigenvalue weighted by atomic mass is 9.98. The Labute approximate surface area is 224 Å². The van der Waals surface area contributed by atoms with Crippen molar-refractivity contribution in [2.75, 3.05) is 19.8 Å². The molecule has 200 valence electrons. The van der Waals surface area contributed by atoms with Crippen LogP contribution in [0.2, 0.25) is 0 Å². The molecule has 0 aliphatic carbocycles. The Morgan fingerprint density at radius 2 is 0.919 bits per heavy atom. The Bertz CT molecular complexity index is 987. The van der Waals surface area contributed by atoms with Crippen molar-refractivity contribution in [2.24, 2.45) is 0 Å². The van der Waals surface area contributed by atoms with Gasteiger partial charge in [-0.2, -0.15) is 0 Å². The number of phosphoric ester groups is 1. The van der Waals surface area contributed by atoms with Crippen LogP contribution in [0.25, 0.3) is 0 Å². The van der Waals surface area contributed by atoms with Gasteiger partial charge in [0.25, 0.3) is 0 Å². The molecule has 0 bridgehead atoms. The Balaban J connectivity index is 1.47. The summed E-state index contributed by atoms with van der Waals surface area (Å²) in [5.74, 6) is 0. The van der Waals surface area contributed by atoms with E-state index < -0.39 is 7.82 Å². The van der Waals surface area contributed by atoms with Crippen molar-refractivity contribution in [3.05, 3.63) is 107 Å². The van der Waals surface area contributed by atoms with E-state index in [0.29, 0.717) is 19.8 Å². The van der Waals surface area contributed by atoms with Crippen LogP contribution in [0.1, 0.15) is 67.7 Å². The van der Waals surface area contributed by atoms with E-state index in [1.807, 2.05) is 36.4 Å². The molecule has 0 amide bonds. The average molecular weight is 523 g/mol. The highest BCUT2D eigenvalue weighted by molar-refractivity contribution is 7.48. The molecule has 0 radical (unpaired) electrons. The molecule has 0 fully saturated rings. The summed E-state index contributed by atoms with van der Waals surface area (Å²) in [4.78, 5) is 0. The van der Waals surface area contributed by atoms with E-state index in [0.717, 1.165) is 44.9 Å². The molecular weight excluding hydrogens is 479 g/mol. The van der Waals surface area contributed by atoms with Gasteiger partial charge >= 0.3 is 7.82 Å². The summed E-state index contributed by atoms with van der Waals surface area (Å²) < 4.78 is 30.7. The Kier molecular flexibility index (Phi) is 13.7. The fraction of sp³-hybridized carbons (Fsp3) is 0.438. The monoisotopic (exact) mass is 522 g/mol. The van der Waals surface area contributed by atoms with Gasteiger partial charge in [0.2, 0.25) is 0 Å². The van der Waals surface area contributed by atoms with Crippen molar-refractivity contribution in [1.29, 1.82) is 0 Å². The summed E-state index contributed by atoms with van der Waals surface area (Å²) >= 11 is 0. The summed E-state index contributed by atoms with van der Waals surface area (Å²) in [7, 11) is -3.62. The molecule has 4 nitrogen and oxygen atoms in total. The lowest BCUT2D eigenvalue weighted by molar-refractivity contribution is 0.110. The van der Waals surface area contributed by atoms with Gasteiger partial charge in [-0.1, -0.05) is 105 Å². The van der Waals surface area contributed by atoms with Gasteiger partial charge in [0.05, 0.1) is 19.8 Å². The standard InChI is InChI=1S/C32H43O4P/c1-2-3-6-22-31-23-11-12-24-32(31)25-15-28-36-37(33,34-26-13-20-29-16-7-4-8-17-29)35-27-14-21-30-18-9-5-10-19-30/h4-5,7-12,16-19,23-24H,2-3,6,13-15,20-22,25-28H2,1H3. The van der Waals surface area contributed by atoms with Crippen LogP contribution in [0.4, 0.5) is 0 Å². The lowest BCUT2D eigenvalue weighted by Crippen LogP contribution is -2.06. The predicted octanol–water partition coefficient (Wildman–Crippen LogP) is 8.78. The minimum Gasteiger partial charge on any atom is -0.287 e. The largest absolute Gasteiger partial charge is 0.474 e. The van der Waals surface area contributed by atoms with Gasteiger partial charge in [-0.15, -0.1) is 0 Å². The van der Waals surface area contributed by atoms with Crippen LogP contribution in [0.15, 0.2) is 84.9 Å². The number of unbranched alkanes of at least 4 members (excludes halogenated alkanes) is 2. The first-order valence-corrected chi connectivity index (χ1v) is 15.3. The second-order valence-corrected chi connectivity index (χ2v) is 11.1. The molecule has 0 N–H and O–H groups in total. The molecule has 3 aromatic carbocycles. The van der Waals surface area contributed by atoms with Crippen molar-refractivity contribution in [1.82, 2.24) is 0 Å². The van der Waals surface area contributed by atoms with Gasteiger partial charge < -0.3 is 0 Å². The molecule has 3 aromatic rings. The fourth-order valence-electron chi connectivity index (χ4n) is 4.36. The molecule has 0 heterocycles. The van der Waals surface area contributed by atoms with Gasteiger partial charge in [-0.25, -0.2) is 4.57 Å². The van der Waals surface area contributed by atoms with Crippen LogP contribution in [-0.2, 0) is 43.8 Å². The molecule has 3 rings (SSSR count). The number of aryl methyl sites for hydroxylation is 4. The average Bonchev–Trinajstić information content (AvgIpc) is 2.94. The molecule has 0 aliphatic rings. The second kappa shape index (κ2) is 17.3. The highest BCUT2D eigenvalue weighted by Gasteiger charge is 2.26. The number of rotatable bonds is 19. The first-order chi connectivity index (χ1) is 18.2. The molecule has 0 saturated heterocycles. The SMILES string of the molecule is CCCCCc1ccccc1CCCOP(=O)(OCCCc1ccccc1)OCCCc1ccccc1. The molecule has 0 aliphatic heterocycles. The first-order valence-electron chi connectivity index (χ1n) is 13.9. The summed E-state index contributed by atoms with van der Waals surface area (Å²) in [6, 6.07) is 29.1. The van der Waals surface area contributed by atoms with Gasteiger partial charge in [0, 0.05) is 0 Å². The van der Waals surface area contributed by atoms with Crippen LogP contribution in [0, 0.1) is 0 Å². The van der Waals surface area contributed by atoms with E-state index >= 15 is 0 Å². The molecule has 37 heavy (non-hydrogen) atoms. The van der Waals surface area contributed by atoms with Crippen LogP contribution in [0.3, 0.4) is 0 Å². The van der Waals surface area contributed by atoms with Crippen molar-refractivity contribution in [3.8, 4) is 0 Å². The maximum absolute atomic E-state index is 13.4. The highest BCUT2D eigenvalue weighted by Crippen LogP contribution is 2.49. The number of hydrogen-bond donors (Lipinski definition) is 0. The quantitative estimate of drug-likeness (QED) is 0.117. The molecule has 0 saturated carbocycles. The van der Waals surface area contributed by atoms with E-state index in [1.54, 1.807) is 0 Å². The van der Waals surface area contributed by atoms with Crippen LogP contribution in [0.5, 0.6) is 0 Å². The molecule has 0 unspecified atom stereocenters. The molecule has 5 heteroatoms. The van der Waals surface area contributed by atoms with E-state index in [9.17, 15) is 4.57 Å². The van der Waals surface area contributed by atoms with Crippen LogP contribution >= 0.6 is 7.82 Å². The maximum Gasteiger partial charge on any atom is 0.474 e. The van der Waals surface area contributed by atoms with E-state index in [-0.39, 0.29) is 0 Å². The fourth-order valence-corrected chi connectivity index (χ4v) is 5.64. The van der Waals surface area contributed by atoms with E-state index in [4.69, 9.17) is 13.6 Å². The second-order valence-electron chi connectivity index (χ2n) is 9.45. The number of phosphoric acid groups is 1. The van der Waals surface area contributed by atoms with Crippen molar-refractivity contribution >= 4 is 7.82 Å². The van der Waals surface area contributed by atoms with Crippen molar-refractivity contribution in [3.63, 3.8) is 0 Å². The third kappa shape index (κ3) is 11.8. The minimum absolute atomic E-state index is 0.338. The van der Waals surface area contributed by atoms with Gasteiger partial charge in [-0.3, -0.25) is 13.6 Å². The zero-order valence-electron chi connectivity index (χ0n) is 22.4. The van der Waals surface area contributed by atoms with Crippen LogP contribution < -0.4 is 0 Å². The summed E-state index contributed by atoms with van der Waals surface area (Å²) in [5.41, 5.74) is 5.24. The number of benzene rings is 3. The molecule has 0 aromatic heterocycles. The normalized spacial score (nSPS) is 11.6. The van der Waals surface area contributed by atoms with Gasteiger partial charge in [0.1, 0.15) is 0 Å². The zero-order chi connectivity index (χ0) is 26.0. The van der Waals surface area contributed by atoms with Gasteiger partial charge in [0.15, 0.2) is 0 Å². The summed E-state index contributed by atoms with van der Waals surface area (Å²) in [6.07, 6.45) is 9.72. The van der Waals surface area contributed by atoms with E-state index in [1.165, 1.54) is 41.5 Å². The molecular formula is C32H43O4P. The highest BCUT2D eigenvalue weighted by atomic mass is 31.2. The topological polar surface area (TPSA) is 44.8 Å². The minimum atomic E-state index is -3.62. The predicted molar refractivity (Wildman–Crippen MR) is 153 cm³/mol. The molecule has 0 atom stereocenters. The zero-order valence-corrected chi connectivity index (χ0v) is 23.2. The van der Waals surface area contributed by atoms with Crippen molar-refractivity contribution in [2.45, 2.75) is 71.1 Å². The smallest absolute Gasteiger partial charge is 0.287 e. The third-order valence-corrected chi connectivity index (χ3v) is 7.91. The molecule has 0 spiro atoms. The summed E-state index contributed by atoms with van der Waals surface area (Å²) in [5, 5.41) is 0. The summed E-state index contributed by atoms with van der Waals surface area (Å²) in [6.45, 7) is 3.25. The third-order valence-electron chi connectivity index (χ3n) is 6.41. The maximum atomic E-state index is 13.4. The number of hydrogen-bond acceptors (Lipinski definition) is 4. The van der Waals surface area contributed by atoms with E-state index in [2.05, 4.69) is 55.5 Å². The van der Waals surface area contributed by atoms with Crippen molar-refractivity contribution < 1.29 is 18.1 Å². The Morgan fingerprint density at radius 1 is 0.514 bits per heavy atom. The van der Waals surface area contributed by atoms with Crippen LogP contribution in [-0.4, -0.2) is 19.8 Å². The first kappa shape index (κ1) is 29.3. The Morgan fingerprint density at radius 3 is 1.38 bits per heavy atom. The Hall–Kier alpha value is -2.23. The van der Waals surface area contributed by atoms with Gasteiger partial charge in [-0.05, 0) is 73.6 Å². The lowest BCUT2D eigenvalue weighted by Gasteiger charge is -2.18.